The lowest BCUT2D eigenvalue weighted by Gasteiger charge is -3.10. The van der Waals surface area contributed by atoms with Crippen molar-refractivity contribution in [1.29, 1.82) is 0 Å². The van der Waals surface area contributed by atoms with E-state index in [9.17, 15) is 23.9 Å². The summed E-state index contributed by atoms with van der Waals surface area (Å²) in [5.74, 6) is 1.29. The molecule has 192 valence electrons. The van der Waals surface area contributed by atoms with Crippen molar-refractivity contribution in [3.8, 4) is 5.75 Å². The fourth-order valence-electron chi connectivity index (χ4n) is 9.10. The number of anilines is 1. The van der Waals surface area contributed by atoms with Crippen molar-refractivity contribution in [3.05, 3.63) is 53.2 Å². The summed E-state index contributed by atoms with van der Waals surface area (Å²) < 4.78 is 20.9. The summed E-state index contributed by atoms with van der Waals surface area (Å²) in [4.78, 5) is 41.9. The molecular formula is C26H21FN6O5. The molecule has 0 radical (unpaired) electrons. The highest BCUT2D eigenvalue weighted by atomic mass is 19.1. The van der Waals surface area contributed by atoms with Crippen LogP contribution in [0.25, 0.3) is 5.65 Å². The predicted molar refractivity (Wildman–Crippen MR) is 125 cm³/mol. The molecule has 11 nitrogen and oxygen atoms in total. The van der Waals surface area contributed by atoms with Gasteiger partial charge in [0.1, 0.15) is 17.1 Å². The van der Waals surface area contributed by atoms with Gasteiger partial charge in [0.2, 0.25) is 0 Å². The Balaban J connectivity index is 0.935. The Hall–Kier alpha value is -4.06. The van der Waals surface area contributed by atoms with Gasteiger partial charge < -0.3 is 25.8 Å². The van der Waals surface area contributed by atoms with Gasteiger partial charge >= 0.3 is 0 Å². The number of nitrogens with zero attached hydrogens (tertiary/aromatic N) is 3. The summed E-state index contributed by atoms with van der Waals surface area (Å²) in [6.45, 7) is 0.575. The molecule has 6 fully saturated rings. The maximum atomic E-state index is 14.4. The van der Waals surface area contributed by atoms with Crippen LogP contribution >= 0.6 is 0 Å². The molecule has 3 amide bonds. The third-order valence-corrected chi connectivity index (χ3v) is 10.4. The standard InChI is InChI=1S/C26H21FN6O5/c27-10-6-30-33-13(24(36)29-8-25-16-19-17(25)21-18(25)20(16)26(19,21)37)4-12(32-22(10)33)23(35)28-5-9-1-2-14-11(3-9)31-15(34)7-38-14/h1-4,6,16-21,37H,5,7-8H2,(H,28,35)(H,29,36)(H,31,34). The Morgan fingerprint density at radius 3 is 2.66 bits per heavy atom. The Kier molecular flexibility index (Phi) is 3.48. The summed E-state index contributed by atoms with van der Waals surface area (Å²) in [7, 11) is 0. The number of nitrogens with one attached hydrogen (secondary N) is 3. The normalized spacial score (nSPS) is 37.2. The van der Waals surface area contributed by atoms with Gasteiger partial charge in [-0.15, -0.1) is 0 Å². The topological polar surface area (TPSA) is 147 Å². The maximum absolute atomic E-state index is 14.4. The van der Waals surface area contributed by atoms with Crippen molar-refractivity contribution in [1.82, 2.24) is 25.2 Å². The Bertz CT molecular complexity index is 1610. The fourth-order valence-corrected chi connectivity index (χ4v) is 9.10. The number of rotatable bonds is 6. The van der Waals surface area contributed by atoms with E-state index in [4.69, 9.17) is 4.74 Å². The number of hydrogen-bond donors (Lipinski definition) is 4. The second-order valence-corrected chi connectivity index (χ2v) is 11.4. The second-order valence-electron chi connectivity index (χ2n) is 11.4. The first-order chi connectivity index (χ1) is 18.3. The van der Waals surface area contributed by atoms with E-state index in [1.165, 1.54) is 6.07 Å². The van der Waals surface area contributed by atoms with Crippen molar-refractivity contribution in [2.75, 3.05) is 18.5 Å². The van der Waals surface area contributed by atoms with Crippen LogP contribution in [-0.4, -0.2) is 56.2 Å². The lowest BCUT2D eigenvalue weighted by molar-refractivity contribution is -0.659. The van der Waals surface area contributed by atoms with E-state index in [0.717, 1.165) is 10.7 Å². The van der Waals surface area contributed by atoms with Gasteiger partial charge in [0.05, 0.1) is 17.5 Å². The first-order valence-electron chi connectivity index (χ1n) is 12.7. The van der Waals surface area contributed by atoms with Gasteiger partial charge in [0.15, 0.2) is 18.1 Å². The molecule has 0 spiro atoms. The fraction of sp³-hybridized carbons (Fsp3) is 0.423. The number of halogens is 1. The minimum atomic E-state index is -0.742. The molecule has 10 rings (SSSR count). The lowest BCUT2D eigenvalue weighted by Crippen LogP contribution is -3.13. The SMILES string of the molecule is O=C1COc2ccc(CNC(=O)c3cc(C(=O)NCC45C6C7C4C4C5C6C74O)n4ncc(F)c4n3)cc2N1. The van der Waals surface area contributed by atoms with Crippen LogP contribution in [0.5, 0.6) is 5.75 Å². The van der Waals surface area contributed by atoms with Crippen molar-refractivity contribution in [2.45, 2.75) is 12.1 Å². The van der Waals surface area contributed by atoms with Gasteiger partial charge in [-0.3, -0.25) is 14.4 Å². The number of ether oxygens (including phenoxy) is 1. The predicted octanol–water partition coefficient (Wildman–Crippen LogP) is 0.342. The molecule has 3 heterocycles. The number of benzene rings is 1. The summed E-state index contributed by atoms with van der Waals surface area (Å²) >= 11 is 0. The third kappa shape index (κ3) is 2.06. The lowest BCUT2D eigenvalue weighted by atomic mass is 8.95. The van der Waals surface area contributed by atoms with Gasteiger partial charge in [0.25, 0.3) is 17.7 Å². The van der Waals surface area contributed by atoms with Crippen LogP contribution in [0.4, 0.5) is 10.1 Å². The van der Waals surface area contributed by atoms with Crippen LogP contribution < -0.4 is 20.7 Å². The molecule has 2 aromatic heterocycles. The van der Waals surface area contributed by atoms with Crippen LogP contribution in [-0.2, 0) is 11.3 Å². The summed E-state index contributed by atoms with van der Waals surface area (Å²) in [5, 5.41) is 23.0. The Labute approximate surface area is 213 Å². The van der Waals surface area contributed by atoms with Crippen LogP contribution in [0.3, 0.4) is 0 Å². The van der Waals surface area contributed by atoms with Crippen LogP contribution in [0.1, 0.15) is 26.5 Å². The number of aromatic nitrogens is 3. The first-order valence-corrected chi connectivity index (χ1v) is 12.7. The van der Waals surface area contributed by atoms with E-state index in [-0.39, 0.29) is 41.5 Å². The van der Waals surface area contributed by atoms with Gasteiger partial charge in [-0.1, -0.05) is 6.07 Å². The van der Waals surface area contributed by atoms with Crippen molar-refractivity contribution >= 4 is 29.1 Å². The van der Waals surface area contributed by atoms with Crippen LogP contribution in [0.2, 0.25) is 0 Å². The molecule has 0 atom stereocenters. The molecular weight excluding hydrogens is 495 g/mol. The summed E-state index contributed by atoms with van der Waals surface area (Å²) in [6, 6.07) is 6.47. The van der Waals surface area contributed by atoms with E-state index in [0.29, 0.717) is 59.1 Å². The molecule has 3 aromatic rings. The molecule has 1 aromatic carbocycles. The number of carbonyl (C=O) groups is 3. The molecule has 38 heavy (non-hydrogen) atoms. The second kappa shape index (κ2) is 6.32. The van der Waals surface area contributed by atoms with Crippen molar-refractivity contribution < 1.29 is 28.6 Å². The van der Waals surface area contributed by atoms with Gasteiger partial charge in [-0.05, 0) is 58.6 Å². The van der Waals surface area contributed by atoms with E-state index in [1.807, 2.05) is 0 Å². The summed E-state index contributed by atoms with van der Waals surface area (Å²) in [5.41, 5.74) is 0.632. The van der Waals surface area contributed by atoms with Gasteiger partial charge in [0, 0.05) is 19.2 Å². The highest BCUT2D eigenvalue weighted by Crippen LogP contribution is 3.06. The molecule has 0 unspecified atom stereocenters. The highest BCUT2D eigenvalue weighted by Gasteiger charge is 3.09. The third-order valence-electron chi connectivity index (χ3n) is 10.4. The molecule has 0 bridgehead atoms. The molecule has 0 saturated heterocycles. The quantitative estimate of drug-likeness (QED) is 0.370. The van der Waals surface area contributed by atoms with E-state index < -0.39 is 23.2 Å². The average Bonchev–Trinajstić information content (AvgIpc) is 3.31. The largest absolute Gasteiger partial charge is 0.482 e. The minimum Gasteiger partial charge on any atom is -0.482 e. The zero-order valence-corrected chi connectivity index (χ0v) is 19.8. The van der Waals surface area contributed by atoms with Crippen molar-refractivity contribution in [2.24, 2.45) is 40.9 Å². The smallest absolute Gasteiger partial charge is 0.270 e. The molecule has 1 aliphatic heterocycles. The number of aliphatic hydroxyl groups is 1. The molecule has 12 heteroatoms. The zero-order valence-electron chi connectivity index (χ0n) is 19.8. The zero-order chi connectivity index (χ0) is 25.7. The molecule has 7 aliphatic rings. The van der Waals surface area contributed by atoms with Crippen LogP contribution in [0.15, 0.2) is 30.5 Å². The van der Waals surface area contributed by atoms with E-state index in [1.54, 1.807) is 18.2 Å². The minimum absolute atomic E-state index is 0.0215. The maximum Gasteiger partial charge on any atom is 0.270 e. The van der Waals surface area contributed by atoms with Gasteiger partial charge in [-0.2, -0.15) is 5.10 Å². The molecule has 4 N–H and O–H groups in total. The van der Waals surface area contributed by atoms with Gasteiger partial charge in [-0.25, -0.2) is 13.9 Å². The van der Waals surface area contributed by atoms with Crippen LogP contribution in [0, 0.1) is 46.7 Å². The van der Waals surface area contributed by atoms with E-state index >= 15 is 0 Å². The summed E-state index contributed by atoms with van der Waals surface area (Å²) in [6.07, 6.45) is 0.962. The highest BCUT2D eigenvalue weighted by molar-refractivity contribution is 5.98. The number of hydrogen-bond acceptors (Lipinski definition) is 7. The first kappa shape index (κ1) is 20.9. The number of fused-ring (bicyclic) bond motifs is 2. The monoisotopic (exact) mass is 516 g/mol. The Morgan fingerprint density at radius 1 is 1.13 bits per heavy atom. The average molecular weight is 516 g/mol. The Morgan fingerprint density at radius 2 is 1.89 bits per heavy atom. The number of amides is 3. The molecule has 6 aliphatic carbocycles. The number of carbonyl (C=O) groups excluding carboxylic acids is 3. The van der Waals surface area contributed by atoms with Crippen molar-refractivity contribution in [3.63, 3.8) is 0 Å². The molecule has 6 saturated carbocycles. The van der Waals surface area contributed by atoms with E-state index in [2.05, 4.69) is 26.0 Å².